The van der Waals surface area contributed by atoms with E-state index in [2.05, 4.69) is 10.4 Å². The molecule has 0 saturated carbocycles. The van der Waals surface area contributed by atoms with E-state index in [0.717, 1.165) is 11.3 Å². The van der Waals surface area contributed by atoms with Gasteiger partial charge in [0.2, 0.25) is 0 Å². The Bertz CT molecular complexity index is 1300. The molecule has 10 heteroatoms. The number of nitrogens with one attached hydrogen (secondary N) is 1. The van der Waals surface area contributed by atoms with Gasteiger partial charge in [0, 0.05) is 33.4 Å². The fourth-order valence-corrected chi connectivity index (χ4v) is 4.06. The van der Waals surface area contributed by atoms with Gasteiger partial charge in [0.15, 0.2) is 5.69 Å². The maximum Gasteiger partial charge on any atom is 0.286 e. The first-order chi connectivity index (χ1) is 15.4. The van der Waals surface area contributed by atoms with Gasteiger partial charge in [-0.15, -0.1) is 12.4 Å². The van der Waals surface area contributed by atoms with Crippen molar-refractivity contribution in [3.8, 4) is 28.3 Å². The number of carbonyl (C=O) groups excluding carboxylic acids is 1. The molecule has 0 fully saturated rings. The highest BCUT2D eigenvalue weighted by atomic mass is 35.5. The van der Waals surface area contributed by atoms with Crippen molar-refractivity contribution in [1.29, 1.82) is 0 Å². The van der Waals surface area contributed by atoms with Crippen LogP contribution >= 0.6 is 47.2 Å². The van der Waals surface area contributed by atoms with E-state index in [0.29, 0.717) is 37.7 Å². The Morgan fingerprint density at radius 2 is 1.61 bits per heavy atom. The number of hydrazine groups is 1. The van der Waals surface area contributed by atoms with E-state index in [1.165, 1.54) is 0 Å². The minimum absolute atomic E-state index is 0. The van der Waals surface area contributed by atoms with Gasteiger partial charge in [0.25, 0.3) is 5.91 Å². The van der Waals surface area contributed by atoms with Crippen molar-refractivity contribution < 1.29 is 4.79 Å². The molecule has 0 spiro atoms. The molecule has 3 aromatic carbocycles. The van der Waals surface area contributed by atoms with Crippen LogP contribution in [0.2, 0.25) is 15.1 Å². The average Bonchev–Trinajstić information content (AvgIpc) is 3.19. The van der Waals surface area contributed by atoms with Crippen LogP contribution in [0.5, 0.6) is 0 Å². The Morgan fingerprint density at radius 1 is 0.939 bits per heavy atom. The molecule has 0 aliphatic carbocycles. The highest BCUT2D eigenvalue weighted by Gasteiger charge is 2.27. The summed E-state index contributed by atoms with van der Waals surface area (Å²) in [4.78, 5) is 17.5. The molecule has 0 aliphatic rings. The molecular formula is C23H19Cl4N5O. The summed E-state index contributed by atoms with van der Waals surface area (Å²) < 4.78 is 1.84. The van der Waals surface area contributed by atoms with Crippen LogP contribution in [-0.4, -0.2) is 15.5 Å². The second-order valence-corrected chi connectivity index (χ2v) is 8.18. The Kier molecular flexibility index (Phi) is 8.02. The maximum absolute atomic E-state index is 12.8. The molecule has 1 aromatic heterocycles. The number of nitrogens with two attached hydrogens (primary N) is 2. The number of imidazole rings is 1. The predicted molar refractivity (Wildman–Crippen MR) is 136 cm³/mol. The van der Waals surface area contributed by atoms with E-state index < -0.39 is 5.91 Å². The highest BCUT2D eigenvalue weighted by molar-refractivity contribution is 6.33. The molecule has 0 radical (unpaired) electrons. The topological polar surface area (TPSA) is 99.0 Å². The van der Waals surface area contributed by atoms with Crippen LogP contribution in [0.1, 0.15) is 16.1 Å². The predicted octanol–water partition coefficient (Wildman–Crippen LogP) is 5.65. The minimum atomic E-state index is -0.557. The molecule has 0 bridgehead atoms. The van der Waals surface area contributed by atoms with Gasteiger partial charge in [0.1, 0.15) is 5.82 Å². The van der Waals surface area contributed by atoms with Crippen molar-refractivity contribution in [3.05, 3.63) is 93.1 Å². The van der Waals surface area contributed by atoms with Crippen LogP contribution in [0.4, 0.5) is 0 Å². The summed E-state index contributed by atoms with van der Waals surface area (Å²) in [5, 5.41) is 1.58. The summed E-state index contributed by atoms with van der Waals surface area (Å²) >= 11 is 18.8. The van der Waals surface area contributed by atoms with Gasteiger partial charge in [-0.05, 0) is 54.1 Å². The van der Waals surface area contributed by atoms with Crippen molar-refractivity contribution in [1.82, 2.24) is 15.0 Å². The number of amides is 1. The summed E-state index contributed by atoms with van der Waals surface area (Å²) in [6, 6.07) is 19.7. The standard InChI is InChI=1S/C23H18Cl3N5O.ClH/c24-14-5-8-16(9-6-14)31-21(17-10-7-15(25)11-13(17)12-27)20(23(32)30-28)29-22(31)18-3-1-2-4-19(18)26;/h1-11H,12,27-28H2,(H,30,32);1H. The van der Waals surface area contributed by atoms with Crippen LogP contribution in [0.15, 0.2) is 66.7 Å². The number of rotatable bonds is 5. The number of halogens is 4. The molecule has 1 heterocycles. The quantitative estimate of drug-likeness (QED) is 0.179. The lowest BCUT2D eigenvalue weighted by molar-refractivity contribution is 0.0950. The van der Waals surface area contributed by atoms with Gasteiger partial charge < -0.3 is 5.73 Å². The Labute approximate surface area is 211 Å². The molecule has 4 aromatic rings. The summed E-state index contributed by atoms with van der Waals surface area (Å²) in [5.41, 5.74) is 11.6. The van der Waals surface area contributed by atoms with E-state index in [-0.39, 0.29) is 24.6 Å². The van der Waals surface area contributed by atoms with Crippen molar-refractivity contribution in [2.75, 3.05) is 0 Å². The third kappa shape index (κ3) is 4.87. The molecule has 4 rings (SSSR count). The fraction of sp³-hybridized carbons (Fsp3) is 0.0435. The molecule has 0 atom stereocenters. The van der Waals surface area contributed by atoms with Gasteiger partial charge in [-0.25, -0.2) is 10.8 Å². The van der Waals surface area contributed by atoms with Crippen LogP contribution in [-0.2, 0) is 6.54 Å². The van der Waals surface area contributed by atoms with Crippen molar-refractivity contribution in [2.45, 2.75) is 6.54 Å². The monoisotopic (exact) mass is 521 g/mol. The molecule has 0 aliphatic heterocycles. The SMILES string of the molecule is Cl.NCc1cc(Cl)ccc1-c1c(C(=O)NN)nc(-c2ccccc2Cl)n1-c1ccc(Cl)cc1. The fourth-order valence-electron chi connectivity index (χ4n) is 3.52. The summed E-state index contributed by atoms with van der Waals surface area (Å²) in [5.74, 6) is 5.40. The largest absolute Gasteiger partial charge is 0.326 e. The van der Waals surface area contributed by atoms with E-state index in [1.807, 2.05) is 34.9 Å². The van der Waals surface area contributed by atoms with Crippen LogP contribution < -0.4 is 17.0 Å². The molecule has 170 valence electrons. The first-order valence-corrected chi connectivity index (χ1v) is 10.7. The number of nitrogens with zero attached hydrogens (tertiary/aromatic N) is 2. The molecule has 6 nitrogen and oxygen atoms in total. The molecule has 5 N–H and O–H groups in total. The van der Waals surface area contributed by atoms with Gasteiger partial charge in [-0.2, -0.15) is 0 Å². The number of hydrogen-bond donors (Lipinski definition) is 3. The first-order valence-electron chi connectivity index (χ1n) is 9.58. The number of hydrogen-bond acceptors (Lipinski definition) is 4. The zero-order valence-corrected chi connectivity index (χ0v) is 20.1. The van der Waals surface area contributed by atoms with Crippen molar-refractivity contribution in [2.24, 2.45) is 11.6 Å². The molecule has 0 saturated heterocycles. The minimum Gasteiger partial charge on any atom is -0.326 e. The van der Waals surface area contributed by atoms with Crippen molar-refractivity contribution >= 4 is 53.1 Å². The van der Waals surface area contributed by atoms with Gasteiger partial charge in [-0.1, -0.05) is 53.0 Å². The normalized spacial score (nSPS) is 10.6. The van der Waals surface area contributed by atoms with E-state index in [4.69, 9.17) is 46.4 Å². The van der Waals surface area contributed by atoms with Crippen LogP contribution in [0.3, 0.4) is 0 Å². The second-order valence-electron chi connectivity index (χ2n) is 6.90. The van der Waals surface area contributed by atoms with Gasteiger partial charge >= 0.3 is 0 Å². The Hall–Kier alpha value is -2.58. The molecular weight excluding hydrogens is 504 g/mol. The second kappa shape index (κ2) is 10.6. The summed E-state index contributed by atoms with van der Waals surface area (Å²) in [7, 11) is 0. The zero-order chi connectivity index (χ0) is 22.8. The number of carbonyl (C=O) groups is 1. The third-order valence-electron chi connectivity index (χ3n) is 4.97. The Balaban J connectivity index is 0.00000306. The molecule has 33 heavy (non-hydrogen) atoms. The van der Waals surface area contributed by atoms with E-state index in [1.54, 1.807) is 36.4 Å². The van der Waals surface area contributed by atoms with Gasteiger partial charge in [-0.3, -0.25) is 14.8 Å². The zero-order valence-electron chi connectivity index (χ0n) is 17.1. The van der Waals surface area contributed by atoms with E-state index in [9.17, 15) is 4.79 Å². The smallest absolute Gasteiger partial charge is 0.286 e. The first kappa shape index (κ1) is 25.1. The maximum atomic E-state index is 12.8. The highest BCUT2D eigenvalue weighted by Crippen LogP contribution is 2.38. The Morgan fingerprint density at radius 3 is 2.24 bits per heavy atom. The molecule has 0 unspecified atom stereocenters. The van der Waals surface area contributed by atoms with Gasteiger partial charge in [0.05, 0.1) is 10.7 Å². The summed E-state index contributed by atoms with van der Waals surface area (Å²) in [6.45, 7) is 0.201. The summed E-state index contributed by atoms with van der Waals surface area (Å²) in [6.07, 6.45) is 0. The van der Waals surface area contributed by atoms with E-state index >= 15 is 0 Å². The average molecular weight is 523 g/mol. The number of nitrogen functional groups attached to an aromatic ring is 1. The van der Waals surface area contributed by atoms with Crippen LogP contribution in [0.25, 0.3) is 28.3 Å². The number of benzene rings is 3. The van der Waals surface area contributed by atoms with Crippen molar-refractivity contribution in [3.63, 3.8) is 0 Å². The molecule has 1 amide bonds. The lowest BCUT2D eigenvalue weighted by Gasteiger charge is -2.16. The van der Waals surface area contributed by atoms with Crippen LogP contribution in [0, 0.1) is 0 Å². The lowest BCUT2D eigenvalue weighted by atomic mass is 10.0. The number of aromatic nitrogens is 2. The lowest BCUT2D eigenvalue weighted by Crippen LogP contribution is -2.30. The third-order valence-corrected chi connectivity index (χ3v) is 5.78.